The summed E-state index contributed by atoms with van der Waals surface area (Å²) in [6.45, 7) is 1.23. The van der Waals surface area contributed by atoms with Crippen molar-refractivity contribution in [3.05, 3.63) is 68.4 Å². The molecular formula is C17H13NO3S. The summed E-state index contributed by atoms with van der Waals surface area (Å²) in [4.78, 5) is 27.7. The fraction of sp³-hybridized carbons (Fsp3) is 0.176. The number of benzene rings is 1. The van der Waals surface area contributed by atoms with E-state index in [0.29, 0.717) is 18.5 Å². The van der Waals surface area contributed by atoms with Crippen LogP contribution in [0.2, 0.25) is 0 Å². The van der Waals surface area contributed by atoms with Gasteiger partial charge in [0.15, 0.2) is 5.76 Å². The van der Waals surface area contributed by atoms with Crippen LogP contribution in [0.15, 0.2) is 51.0 Å². The van der Waals surface area contributed by atoms with Gasteiger partial charge in [0.1, 0.15) is 0 Å². The normalized spacial score (nSPS) is 14.1. The summed E-state index contributed by atoms with van der Waals surface area (Å²) >= 11 is 1.73. The van der Waals surface area contributed by atoms with Crippen LogP contribution in [0.5, 0.6) is 0 Å². The second-order valence-electron chi connectivity index (χ2n) is 5.33. The minimum absolute atomic E-state index is 0.113. The van der Waals surface area contributed by atoms with Gasteiger partial charge in [-0.25, -0.2) is 4.79 Å². The molecular weight excluding hydrogens is 298 g/mol. The van der Waals surface area contributed by atoms with Crippen molar-refractivity contribution >= 4 is 28.0 Å². The maximum Gasteiger partial charge on any atom is 0.344 e. The molecule has 1 aliphatic rings. The monoisotopic (exact) mass is 311 g/mol. The number of thiophene rings is 1. The second-order valence-corrected chi connectivity index (χ2v) is 6.33. The number of nitrogens with zero attached hydrogens (tertiary/aromatic N) is 1. The van der Waals surface area contributed by atoms with Crippen molar-refractivity contribution in [2.24, 2.45) is 0 Å². The van der Waals surface area contributed by atoms with Crippen LogP contribution in [0.3, 0.4) is 0 Å². The van der Waals surface area contributed by atoms with Crippen LogP contribution in [-0.4, -0.2) is 17.4 Å². The molecule has 2 aromatic heterocycles. The van der Waals surface area contributed by atoms with Crippen molar-refractivity contribution < 1.29 is 9.21 Å². The second kappa shape index (κ2) is 5.10. The summed E-state index contributed by atoms with van der Waals surface area (Å²) in [6.07, 6.45) is 0.858. The highest BCUT2D eigenvalue weighted by Crippen LogP contribution is 2.25. The molecule has 0 unspecified atom stereocenters. The largest absolute Gasteiger partial charge is 0.417 e. The smallest absolute Gasteiger partial charge is 0.344 e. The van der Waals surface area contributed by atoms with E-state index in [4.69, 9.17) is 4.42 Å². The van der Waals surface area contributed by atoms with E-state index in [-0.39, 0.29) is 11.7 Å². The lowest BCUT2D eigenvalue weighted by atomic mass is 10.1. The molecule has 0 fully saturated rings. The van der Waals surface area contributed by atoms with Gasteiger partial charge in [-0.05, 0) is 40.9 Å². The number of hydrogen-bond acceptors (Lipinski definition) is 4. The molecule has 0 bridgehead atoms. The maximum absolute atomic E-state index is 12.6. The Morgan fingerprint density at radius 3 is 3.00 bits per heavy atom. The molecule has 1 aliphatic heterocycles. The van der Waals surface area contributed by atoms with Gasteiger partial charge in [-0.15, -0.1) is 11.3 Å². The van der Waals surface area contributed by atoms with Crippen LogP contribution in [0, 0.1) is 0 Å². The van der Waals surface area contributed by atoms with Gasteiger partial charge in [0.25, 0.3) is 5.91 Å². The van der Waals surface area contributed by atoms with Gasteiger partial charge in [-0.1, -0.05) is 18.2 Å². The molecule has 0 atom stereocenters. The van der Waals surface area contributed by atoms with E-state index in [1.807, 2.05) is 12.1 Å². The Morgan fingerprint density at radius 2 is 2.09 bits per heavy atom. The SMILES string of the molecule is O=C(c1cc2ccccc2c(=O)o1)N1CCc2sccc2C1. The van der Waals surface area contributed by atoms with E-state index in [9.17, 15) is 9.59 Å². The molecule has 3 aromatic rings. The summed E-state index contributed by atoms with van der Waals surface area (Å²) in [7, 11) is 0. The molecule has 3 heterocycles. The first kappa shape index (κ1) is 13.3. The lowest BCUT2D eigenvalue weighted by Gasteiger charge is -2.26. The molecule has 0 saturated heterocycles. The molecule has 0 N–H and O–H groups in total. The van der Waals surface area contributed by atoms with E-state index >= 15 is 0 Å². The van der Waals surface area contributed by atoms with Gasteiger partial charge in [-0.2, -0.15) is 0 Å². The average Bonchev–Trinajstić information content (AvgIpc) is 3.01. The fourth-order valence-corrected chi connectivity index (χ4v) is 3.71. The van der Waals surface area contributed by atoms with Gasteiger partial charge in [0.05, 0.1) is 5.39 Å². The molecule has 0 radical (unpaired) electrons. The van der Waals surface area contributed by atoms with Crippen LogP contribution in [-0.2, 0) is 13.0 Å². The first-order valence-corrected chi connectivity index (χ1v) is 7.98. The molecule has 0 spiro atoms. The number of fused-ring (bicyclic) bond motifs is 2. The molecule has 0 aliphatic carbocycles. The Morgan fingerprint density at radius 1 is 1.23 bits per heavy atom. The van der Waals surface area contributed by atoms with Crippen molar-refractivity contribution in [2.45, 2.75) is 13.0 Å². The van der Waals surface area contributed by atoms with Gasteiger partial charge in [0, 0.05) is 18.0 Å². The highest BCUT2D eigenvalue weighted by atomic mass is 32.1. The zero-order valence-corrected chi connectivity index (χ0v) is 12.6. The van der Waals surface area contributed by atoms with E-state index in [1.54, 1.807) is 34.4 Å². The van der Waals surface area contributed by atoms with Gasteiger partial charge < -0.3 is 9.32 Å². The third kappa shape index (κ3) is 2.14. The minimum Gasteiger partial charge on any atom is -0.417 e. The predicted octanol–water partition coefficient (Wildman–Crippen LogP) is 3.05. The summed E-state index contributed by atoms with van der Waals surface area (Å²) in [5.74, 6) is -0.109. The van der Waals surface area contributed by atoms with E-state index in [0.717, 1.165) is 11.8 Å². The van der Waals surface area contributed by atoms with Crippen molar-refractivity contribution in [1.82, 2.24) is 4.90 Å². The molecule has 5 heteroatoms. The topological polar surface area (TPSA) is 50.5 Å². The third-order valence-corrected chi connectivity index (χ3v) is 5.00. The molecule has 1 aromatic carbocycles. The van der Waals surface area contributed by atoms with Crippen LogP contribution in [0.4, 0.5) is 0 Å². The summed E-state index contributed by atoms with van der Waals surface area (Å²) in [5, 5.41) is 3.28. The van der Waals surface area contributed by atoms with Crippen molar-refractivity contribution in [1.29, 1.82) is 0 Å². The fourth-order valence-electron chi connectivity index (χ4n) is 2.82. The third-order valence-electron chi connectivity index (χ3n) is 3.98. The average molecular weight is 311 g/mol. The highest BCUT2D eigenvalue weighted by Gasteiger charge is 2.24. The zero-order chi connectivity index (χ0) is 15.1. The van der Waals surface area contributed by atoms with Crippen LogP contribution >= 0.6 is 11.3 Å². The van der Waals surface area contributed by atoms with Gasteiger partial charge in [0.2, 0.25) is 0 Å². The van der Waals surface area contributed by atoms with Crippen LogP contribution in [0.25, 0.3) is 10.8 Å². The first-order chi connectivity index (χ1) is 10.7. The van der Waals surface area contributed by atoms with Crippen LogP contribution < -0.4 is 5.63 Å². The van der Waals surface area contributed by atoms with Crippen molar-refractivity contribution in [3.63, 3.8) is 0 Å². The summed E-state index contributed by atoms with van der Waals surface area (Å²) < 4.78 is 5.23. The Bertz CT molecular complexity index is 925. The Balaban J connectivity index is 1.70. The van der Waals surface area contributed by atoms with E-state index in [2.05, 4.69) is 11.4 Å². The van der Waals surface area contributed by atoms with Crippen LogP contribution in [0.1, 0.15) is 21.0 Å². The number of rotatable bonds is 1. The number of amides is 1. The molecule has 22 heavy (non-hydrogen) atoms. The zero-order valence-electron chi connectivity index (χ0n) is 11.7. The standard InChI is InChI=1S/C17H13NO3S/c19-16(18-7-5-15-12(10-18)6-8-22-15)14-9-11-3-1-2-4-13(11)17(20)21-14/h1-4,6,8-9H,5,7,10H2. The Kier molecular flexibility index (Phi) is 3.08. The Labute approximate surface area is 130 Å². The summed E-state index contributed by atoms with van der Waals surface area (Å²) in [5.41, 5.74) is 0.724. The number of carbonyl (C=O) groups is 1. The maximum atomic E-state index is 12.6. The summed E-state index contributed by atoms with van der Waals surface area (Å²) in [6, 6.07) is 10.8. The highest BCUT2D eigenvalue weighted by molar-refractivity contribution is 7.10. The Hall–Kier alpha value is -2.40. The van der Waals surface area contributed by atoms with Gasteiger partial charge >= 0.3 is 5.63 Å². The molecule has 0 saturated carbocycles. The van der Waals surface area contributed by atoms with E-state index in [1.165, 1.54) is 10.4 Å². The first-order valence-electron chi connectivity index (χ1n) is 7.10. The van der Waals surface area contributed by atoms with E-state index < -0.39 is 5.63 Å². The molecule has 1 amide bonds. The molecule has 110 valence electrons. The van der Waals surface area contributed by atoms with Gasteiger partial charge in [-0.3, -0.25) is 4.79 Å². The minimum atomic E-state index is -0.463. The van der Waals surface area contributed by atoms with Crippen molar-refractivity contribution in [3.8, 4) is 0 Å². The lowest BCUT2D eigenvalue weighted by molar-refractivity contribution is 0.0699. The molecule has 4 nitrogen and oxygen atoms in total. The number of hydrogen-bond donors (Lipinski definition) is 0. The lowest BCUT2D eigenvalue weighted by Crippen LogP contribution is -2.35. The quantitative estimate of drug-likeness (QED) is 0.694. The van der Waals surface area contributed by atoms with Crippen molar-refractivity contribution in [2.75, 3.05) is 6.54 Å². The molecule has 4 rings (SSSR count). The number of carbonyl (C=O) groups excluding carboxylic acids is 1. The predicted molar refractivity (Wildman–Crippen MR) is 85.2 cm³/mol.